The maximum Gasteiger partial charge on any atom is 0.243 e. The average molecular weight is 394 g/mol. The first-order valence-corrected chi connectivity index (χ1v) is 11.3. The highest BCUT2D eigenvalue weighted by Crippen LogP contribution is 2.22. The lowest BCUT2D eigenvalue weighted by Crippen LogP contribution is -2.52. The van der Waals surface area contributed by atoms with Crippen LogP contribution >= 0.6 is 0 Å². The minimum Gasteiger partial charge on any atom is -0.341 e. The summed E-state index contributed by atoms with van der Waals surface area (Å²) in [6.07, 6.45) is 2.27. The maximum absolute atomic E-state index is 13.0. The van der Waals surface area contributed by atoms with E-state index in [1.165, 1.54) is 6.42 Å². The van der Waals surface area contributed by atoms with Gasteiger partial charge in [-0.05, 0) is 44.2 Å². The van der Waals surface area contributed by atoms with E-state index in [9.17, 15) is 13.2 Å². The van der Waals surface area contributed by atoms with Gasteiger partial charge in [0.25, 0.3) is 0 Å². The molecule has 1 aromatic carbocycles. The number of amides is 1. The van der Waals surface area contributed by atoms with Gasteiger partial charge < -0.3 is 4.90 Å². The SMILES string of the molecule is Cc1ccc(S(=O)(=O)N2CCN(CC(=O)N3CCCC(C)C3)CC2)c(C)c1. The molecule has 0 spiro atoms. The van der Waals surface area contributed by atoms with Gasteiger partial charge >= 0.3 is 0 Å². The first-order chi connectivity index (χ1) is 12.8. The number of carbonyl (C=O) groups is 1. The molecule has 2 heterocycles. The molecule has 0 bridgehead atoms. The zero-order valence-corrected chi connectivity index (χ0v) is 17.5. The first-order valence-electron chi connectivity index (χ1n) is 9.85. The van der Waals surface area contributed by atoms with Crippen LogP contribution in [0.5, 0.6) is 0 Å². The van der Waals surface area contributed by atoms with Crippen LogP contribution in [0.3, 0.4) is 0 Å². The number of sulfonamides is 1. The fourth-order valence-corrected chi connectivity index (χ4v) is 5.69. The number of rotatable bonds is 4. The quantitative estimate of drug-likeness (QED) is 0.784. The Balaban J connectivity index is 1.57. The molecule has 0 radical (unpaired) electrons. The molecular formula is C20H31N3O3S. The van der Waals surface area contributed by atoms with Crippen LogP contribution in [0, 0.1) is 19.8 Å². The van der Waals surface area contributed by atoms with Gasteiger partial charge in [0.2, 0.25) is 15.9 Å². The van der Waals surface area contributed by atoms with Crippen molar-refractivity contribution in [3.63, 3.8) is 0 Å². The van der Waals surface area contributed by atoms with Crippen LogP contribution < -0.4 is 0 Å². The third-order valence-corrected chi connectivity index (χ3v) is 7.71. The Kier molecular flexibility index (Phi) is 6.23. The standard InChI is InChI=1S/C20H31N3O3S/c1-16-6-7-19(18(3)13-16)27(25,26)23-11-9-21(10-12-23)15-20(24)22-8-4-5-17(2)14-22/h6-7,13,17H,4-5,8-12,14-15H2,1-3H3. The lowest BCUT2D eigenvalue weighted by Gasteiger charge is -2.36. The maximum atomic E-state index is 13.0. The molecular weight excluding hydrogens is 362 g/mol. The number of hydrogen-bond donors (Lipinski definition) is 0. The number of carbonyl (C=O) groups excluding carboxylic acids is 1. The summed E-state index contributed by atoms with van der Waals surface area (Å²) >= 11 is 0. The fraction of sp³-hybridized carbons (Fsp3) is 0.650. The molecule has 3 rings (SSSR count). The molecule has 7 heteroatoms. The van der Waals surface area contributed by atoms with Crippen molar-refractivity contribution in [2.45, 2.75) is 38.5 Å². The van der Waals surface area contributed by atoms with Crippen molar-refractivity contribution in [1.29, 1.82) is 0 Å². The number of aryl methyl sites for hydroxylation is 2. The van der Waals surface area contributed by atoms with E-state index in [2.05, 4.69) is 11.8 Å². The minimum absolute atomic E-state index is 0.173. The molecule has 0 saturated carbocycles. The number of benzene rings is 1. The smallest absolute Gasteiger partial charge is 0.243 e. The summed E-state index contributed by atoms with van der Waals surface area (Å²) < 4.78 is 27.5. The van der Waals surface area contributed by atoms with Gasteiger partial charge in [-0.15, -0.1) is 0 Å². The van der Waals surface area contributed by atoms with Crippen molar-refractivity contribution >= 4 is 15.9 Å². The van der Waals surface area contributed by atoms with Crippen LogP contribution in [0.1, 0.15) is 30.9 Å². The van der Waals surface area contributed by atoms with E-state index in [1.54, 1.807) is 10.4 Å². The van der Waals surface area contributed by atoms with Crippen molar-refractivity contribution in [3.8, 4) is 0 Å². The molecule has 0 aromatic heterocycles. The minimum atomic E-state index is -3.48. The Morgan fingerprint density at radius 1 is 1.11 bits per heavy atom. The number of likely N-dealkylation sites (tertiary alicyclic amines) is 1. The van der Waals surface area contributed by atoms with Crippen LogP contribution in [0.4, 0.5) is 0 Å². The van der Waals surface area contributed by atoms with Gasteiger partial charge in [0.1, 0.15) is 0 Å². The van der Waals surface area contributed by atoms with Crippen LogP contribution in [-0.4, -0.2) is 74.2 Å². The Hall–Kier alpha value is -1.44. The first kappa shape index (κ1) is 20.3. The Labute approximate surface area is 163 Å². The van der Waals surface area contributed by atoms with Crippen LogP contribution in [0.2, 0.25) is 0 Å². The Bertz CT molecular complexity index is 786. The molecule has 1 amide bonds. The molecule has 2 fully saturated rings. The summed E-state index contributed by atoms with van der Waals surface area (Å²) in [7, 11) is -3.48. The summed E-state index contributed by atoms with van der Waals surface area (Å²) in [5, 5.41) is 0. The molecule has 0 aliphatic carbocycles. The van der Waals surface area contributed by atoms with E-state index in [-0.39, 0.29) is 5.91 Å². The molecule has 1 unspecified atom stereocenters. The highest BCUT2D eigenvalue weighted by molar-refractivity contribution is 7.89. The summed E-state index contributed by atoms with van der Waals surface area (Å²) in [6.45, 7) is 10.1. The molecule has 2 aliphatic rings. The van der Waals surface area contributed by atoms with E-state index in [0.29, 0.717) is 43.5 Å². The largest absolute Gasteiger partial charge is 0.341 e. The zero-order chi connectivity index (χ0) is 19.6. The number of hydrogen-bond acceptors (Lipinski definition) is 4. The average Bonchev–Trinajstić information content (AvgIpc) is 2.62. The lowest BCUT2D eigenvalue weighted by atomic mass is 10.0. The zero-order valence-electron chi connectivity index (χ0n) is 16.6. The summed E-state index contributed by atoms with van der Waals surface area (Å²) in [5.74, 6) is 0.745. The monoisotopic (exact) mass is 393 g/mol. The summed E-state index contributed by atoms with van der Waals surface area (Å²) in [6, 6.07) is 5.45. The molecule has 1 atom stereocenters. The van der Waals surface area contributed by atoms with Crippen LogP contribution in [0.15, 0.2) is 23.1 Å². The Morgan fingerprint density at radius 2 is 1.81 bits per heavy atom. The second-order valence-corrected chi connectivity index (χ2v) is 9.94. The van der Waals surface area contributed by atoms with Crippen LogP contribution in [-0.2, 0) is 14.8 Å². The lowest BCUT2D eigenvalue weighted by molar-refractivity contribution is -0.134. The molecule has 0 N–H and O–H groups in total. The molecule has 27 heavy (non-hydrogen) atoms. The van der Waals surface area contributed by atoms with Gasteiger partial charge in [-0.1, -0.05) is 24.6 Å². The third-order valence-electron chi connectivity index (χ3n) is 5.65. The molecule has 150 valence electrons. The summed E-state index contributed by atoms with van der Waals surface area (Å²) in [4.78, 5) is 17.0. The van der Waals surface area contributed by atoms with Crippen molar-refractivity contribution in [2.75, 3.05) is 45.8 Å². The van der Waals surface area contributed by atoms with Gasteiger partial charge in [-0.2, -0.15) is 4.31 Å². The molecule has 1 aromatic rings. The molecule has 2 aliphatic heterocycles. The van der Waals surface area contributed by atoms with E-state index < -0.39 is 10.0 Å². The van der Waals surface area contributed by atoms with Gasteiger partial charge in [-0.3, -0.25) is 9.69 Å². The van der Waals surface area contributed by atoms with Crippen LogP contribution in [0.25, 0.3) is 0 Å². The highest BCUT2D eigenvalue weighted by Gasteiger charge is 2.31. The van der Waals surface area contributed by atoms with Gasteiger partial charge in [-0.25, -0.2) is 8.42 Å². The highest BCUT2D eigenvalue weighted by atomic mass is 32.2. The number of nitrogens with zero attached hydrogens (tertiary/aromatic N) is 3. The van der Waals surface area contributed by atoms with Gasteiger partial charge in [0.15, 0.2) is 0 Å². The fourth-order valence-electron chi connectivity index (χ4n) is 4.06. The van der Waals surface area contributed by atoms with E-state index in [0.717, 1.165) is 30.6 Å². The van der Waals surface area contributed by atoms with Crippen molar-refractivity contribution < 1.29 is 13.2 Å². The third kappa shape index (κ3) is 4.70. The second kappa shape index (κ2) is 8.29. The Morgan fingerprint density at radius 3 is 2.44 bits per heavy atom. The predicted molar refractivity (Wildman–Crippen MR) is 106 cm³/mol. The van der Waals surface area contributed by atoms with Gasteiger partial charge in [0.05, 0.1) is 11.4 Å². The van der Waals surface area contributed by atoms with E-state index >= 15 is 0 Å². The molecule has 6 nitrogen and oxygen atoms in total. The number of piperazine rings is 1. The second-order valence-electron chi connectivity index (χ2n) is 8.04. The van der Waals surface area contributed by atoms with Crippen molar-refractivity contribution in [2.24, 2.45) is 5.92 Å². The van der Waals surface area contributed by atoms with E-state index in [1.807, 2.05) is 30.9 Å². The predicted octanol–water partition coefficient (Wildman–Crippen LogP) is 1.87. The topological polar surface area (TPSA) is 60.9 Å². The van der Waals surface area contributed by atoms with Crippen molar-refractivity contribution in [1.82, 2.24) is 14.1 Å². The number of piperidine rings is 1. The molecule has 2 saturated heterocycles. The van der Waals surface area contributed by atoms with Gasteiger partial charge in [0, 0.05) is 39.3 Å². The normalized spacial score (nSPS) is 22.8. The van der Waals surface area contributed by atoms with Crippen molar-refractivity contribution in [3.05, 3.63) is 29.3 Å². The van der Waals surface area contributed by atoms with E-state index in [4.69, 9.17) is 0 Å². The summed E-state index contributed by atoms with van der Waals surface area (Å²) in [5.41, 5.74) is 1.84.